The number of allylic oxidation sites excluding steroid dienone is 1. The van der Waals surface area contributed by atoms with Crippen LogP contribution in [0.15, 0.2) is 42.5 Å². The van der Waals surface area contributed by atoms with Gasteiger partial charge in [0.15, 0.2) is 0 Å². The van der Waals surface area contributed by atoms with E-state index in [-0.39, 0.29) is 5.41 Å². The number of thioether (sulfide) groups is 2. The fourth-order valence-corrected chi connectivity index (χ4v) is 11.8. The number of aliphatic hydroxyl groups is 1. The van der Waals surface area contributed by atoms with Gasteiger partial charge in [-0.3, -0.25) is 0 Å². The Hall–Kier alpha value is -0.640. The molecule has 3 heteroatoms. The van der Waals surface area contributed by atoms with Gasteiger partial charge in [-0.1, -0.05) is 55.5 Å². The zero-order chi connectivity index (χ0) is 22.1. The van der Waals surface area contributed by atoms with Crippen LogP contribution in [0.5, 0.6) is 0 Å². The maximum atomic E-state index is 11.5. The van der Waals surface area contributed by atoms with Crippen molar-refractivity contribution in [2.24, 2.45) is 29.1 Å². The molecule has 1 aromatic carbocycles. The van der Waals surface area contributed by atoms with Gasteiger partial charge in [-0.05, 0) is 98.0 Å². The third kappa shape index (κ3) is 3.17. The first-order valence-electron chi connectivity index (χ1n) is 12.8. The van der Waals surface area contributed by atoms with E-state index >= 15 is 0 Å². The van der Waals surface area contributed by atoms with E-state index in [1.807, 2.05) is 6.08 Å². The molecule has 0 aromatic heterocycles. The minimum absolute atomic E-state index is 0.0319. The van der Waals surface area contributed by atoms with E-state index in [1.54, 1.807) is 5.57 Å². The van der Waals surface area contributed by atoms with Crippen LogP contribution in [0.25, 0.3) is 6.08 Å². The molecule has 1 aromatic rings. The summed E-state index contributed by atoms with van der Waals surface area (Å²) in [5.41, 5.74) is 3.99. The molecule has 0 bridgehead atoms. The number of hydrogen-bond donors (Lipinski definition) is 1. The summed E-state index contributed by atoms with van der Waals surface area (Å²) in [7, 11) is 0. The van der Waals surface area contributed by atoms with Crippen molar-refractivity contribution in [3.63, 3.8) is 0 Å². The molecule has 6 rings (SSSR count). The van der Waals surface area contributed by atoms with Crippen molar-refractivity contribution in [3.8, 4) is 0 Å². The molecule has 1 nitrogen and oxygen atoms in total. The lowest BCUT2D eigenvalue weighted by atomic mass is 9.47. The third-order valence-corrected chi connectivity index (χ3v) is 13.8. The van der Waals surface area contributed by atoms with Crippen LogP contribution in [0.3, 0.4) is 0 Å². The van der Waals surface area contributed by atoms with Gasteiger partial charge < -0.3 is 5.11 Å². The SMILES string of the molecule is C=Cc1ccc([C@H]2C[C@@]3(C)[C@@H](CC[C@]3(C)O)[C@@H]3CCC4=CC5(CC[C@@H]4[C@H]32)SCCS5)cc1. The summed E-state index contributed by atoms with van der Waals surface area (Å²) in [4.78, 5) is 0. The van der Waals surface area contributed by atoms with E-state index in [1.165, 1.54) is 54.7 Å². The molecular weight excluding hydrogens is 428 g/mol. The first-order valence-corrected chi connectivity index (χ1v) is 14.8. The highest BCUT2D eigenvalue weighted by molar-refractivity contribution is 8.21. The fraction of sp³-hybridized carbons (Fsp3) is 0.655. The van der Waals surface area contributed by atoms with Crippen LogP contribution >= 0.6 is 23.5 Å². The maximum Gasteiger partial charge on any atom is 0.0794 e. The number of rotatable bonds is 2. The summed E-state index contributed by atoms with van der Waals surface area (Å²) in [6.45, 7) is 8.52. The summed E-state index contributed by atoms with van der Waals surface area (Å²) in [6.07, 6.45) is 13.4. The van der Waals surface area contributed by atoms with Crippen molar-refractivity contribution in [2.75, 3.05) is 11.5 Å². The number of benzene rings is 1. The van der Waals surface area contributed by atoms with Gasteiger partial charge in [0.25, 0.3) is 0 Å². The van der Waals surface area contributed by atoms with Crippen molar-refractivity contribution in [3.05, 3.63) is 53.6 Å². The predicted molar refractivity (Wildman–Crippen MR) is 140 cm³/mol. The van der Waals surface area contributed by atoms with Gasteiger partial charge in [0, 0.05) is 11.5 Å². The average molecular weight is 467 g/mol. The Morgan fingerprint density at radius 2 is 1.75 bits per heavy atom. The molecule has 0 unspecified atom stereocenters. The topological polar surface area (TPSA) is 20.2 Å². The molecule has 5 aliphatic rings. The van der Waals surface area contributed by atoms with Gasteiger partial charge in [-0.25, -0.2) is 0 Å². The molecule has 0 radical (unpaired) electrons. The summed E-state index contributed by atoms with van der Waals surface area (Å²) < 4.78 is 0.389. The van der Waals surface area contributed by atoms with Crippen LogP contribution in [0, 0.1) is 29.1 Å². The Labute approximate surface area is 202 Å². The number of hydrogen-bond acceptors (Lipinski definition) is 3. The Morgan fingerprint density at radius 3 is 2.47 bits per heavy atom. The highest BCUT2D eigenvalue weighted by atomic mass is 32.2. The molecule has 1 saturated heterocycles. The quantitative estimate of drug-likeness (QED) is 0.455. The minimum Gasteiger partial charge on any atom is -0.390 e. The first-order chi connectivity index (χ1) is 15.4. The third-order valence-electron chi connectivity index (χ3n) is 10.4. The van der Waals surface area contributed by atoms with Crippen molar-refractivity contribution < 1.29 is 5.11 Å². The van der Waals surface area contributed by atoms with E-state index < -0.39 is 5.60 Å². The molecule has 1 aliphatic heterocycles. The van der Waals surface area contributed by atoms with Crippen LogP contribution < -0.4 is 0 Å². The summed E-state index contributed by atoms with van der Waals surface area (Å²) >= 11 is 4.42. The van der Waals surface area contributed by atoms with Crippen molar-refractivity contribution >= 4 is 29.6 Å². The number of fused-ring (bicyclic) bond motifs is 5. The van der Waals surface area contributed by atoms with Gasteiger partial charge in [0.05, 0.1) is 9.68 Å². The van der Waals surface area contributed by atoms with E-state index in [2.05, 4.69) is 74.3 Å². The lowest BCUT2D eigenvalue weighted by Crippen LogP contribution is -2.54. The molecule has 0 amide bonds. The summed E-state index contributed by atoms with van der Waals surface area (Å²) in [6, 6.07) is 9.24. The summed E-state index contributed by atoms with van der Waals surface area (Å²) in [5.74, 6) is 6.12. The minimum atomic E-state index is -0.536. The standard InChI is InChI=1S/C29H38OS2/c1-4-19-5-7-20(8-6-19)24-18-27(2)25(12-13-28(27,3)30)23-10-9-21-17-29(31-15-16-32-29)14-11-22(21)26(23)24/h4-8,17,22-26,30H,1,9-16,18H2,2-3H3/t22-,23-,24+,25-,26+,27-,28-/m0/s1. The van der Waals surface area contributed by atoms with Crippen LogP contribution in [-0.4, -0.2) is 26.3 Å². The van der Waals surface area contributed by atoms with E-state index in [9.17, 15) is 5.11 Å². The lowest BCUT2D eigenvalue weighted by molar-refractivity contribution is -0.115. The van der Waals surface area contributed by atoms with Crippen LogP contribution in [0.4, 0.5) is 0 Å². The van der Waals surface area contributed by atoms with Gasteiger partial charge in [0.1, 0.15) is 0 Å². The van der Waals surface area contributed by atoms with Crippen molar-refractivity contribution in [1.29, 1.82) is 0 Å². The van der Waals surface area contributed by atoms with E-state index in [0.29, 0.717) is 15.9 Å². The second-order valence-electron chi connectivity index (χ2n) is 11.7. The first kappa shape index (κ1) is 21.9. The molecule has 172 valence electrons. The fourth-order valence-electron chi connectivity index (χ4n) is 8.58. The van der Waals surface area contributed by atoms with E-state index in [4.69, 9.17) is 0 Å². The molecule has 7 atom stereocenters. The average Bonchev–Trinajstić information content (AvgIpc) is 3.34. The Balaban J connectivity index is 1.42. The van der Waals surface area contributed by atoms with Gasteiger partial charge >= 0.3 is 0 Å². The molecule has 4 aliphatic carbocycles. The Bertz CT molecular complexity index is 925. The largest absolute Gasteiger partial charge is 0.390 e. The van der Waals surface area contributed by atoms with Crippen LogP contribution in [0.1, 0.15) is 75.8 Å². The van der Waals surface area contributed by atoms with Gasteiger partial charge in [-0.15, -0.1) is 23.5 Å². The van der Waals surface area contributed by atoms with Crippen LogP contribution in [-0.2, 0) is 0 Å². The van der Waals surface area contributed by atoms with E-state index in [0.717, 1.165) is 30.6 Å². The Morgan fingerprint density at radius 1 is 1.00 bits per heavy atom. The molecule has 1 heterocycles. The van der Waals surface area contributed by atoms with Crippen molar-refractivity contribution in [1.82, 2.24) is 0 Å². The van der Waals surface area contributed by atoms with Crippen molar-refractivity contribution in [2.45, 2.75) is 74.4 Å². The zero-order valence-corrected chi connectivity index (χ0v) is 21.3. The van der Waals surface area contributed by atoms with Gasteiger partial charge in [-0.2, -0.15) is 0 Å². The Kier molecular flexibility index (Phi) is 5.25. The highest BCUT2D eigenvalue weighted by Gasteiger charge is 2.63. The van der Waals surface area contributed by atoms with Gasteiger partial charge in [0.2, 0.25) is 0 Å². The monoisotopic (exact) mass is 466 g/mol. The summed E-state index contributed by atoms with van der Waals surface area (Å²) in [5, 5.41) is 11.5. The molecule has 32 heavy (non-hydrogen) atoms. The molecule has 1 spiro atoms. The smallest absolute Gasteiger partial charge is 0.0794 e. The van der Waals surface area contributed by atoms with Crippen LogP contribution in [0.2, 0.25) is 0 Å². The second kappa shape index (κ2) is 7.68. The second-order valence-corrected chi connectivity index (χ2v) is 14.8. The zero-order valence-electron chi connectivity index (χ0n) is 19.7. The molecule has 4 fully saturated rings. The molecular formula is C29H38OS2. The lowest BCUT2D eigenvalue weighted by Gasteiger charge is -2.59. The highest BCUT2D eigenvalue weighted by Crippen LogP contribution is 2.69. The molecule has 3 saturated carbocycles. The predicted octanol–water partition coefficient (Wildman–Crippen LogP) is 7.52. The molecule has 1 N–H and O–H groups in total. The maximum absolute atomic E-state index is 11.5. The normalized spacial score (nSPS) is 44.5.